The third kappa shape index (κ3) is 3.06. The van der Waals surface area contributed by atoms with E-state index in [9.17, 15) is 5.11 Å². The molecule has 0 aliphatic heterocycles. The van der Waals surface area contributed by atoms with Crippen LogP contribution in [0.5, 0.6) is 0 Å². The first-order chi connectivity index (χ1) is 7.68. The summed E-state index contributed by atoms with van der Waals surface area (Å²) < 4.78 is 0. The van der Waals surface area contributed by atoms with E-state index in [1.807, 2.05) is 6.20 Å². The van der Waals surface area contributed by atoms with Crippen LogP contribution in [0.3, 0.4) is 0 Å². The fourth-order valence-electron chi connectivity index (χ4n) is 2.28. The number of aromatic nitrogens is 2. The molecule has 4 heteroatoms. The summed E-state index contributed by atoms with van der Waals surface area (Å²) in [6.07, 6.45) is 7.67. The summed E-state index contributed by atoms with van der Waals surface area (Å²) in [5.41, 5.74) is -0.501. The fourth-order valence-corrected chi connectivity index (χ4v) is 2.28. The van der Waals surface area contributed by atoms with E-state index in [1.54, 1.807) is 6.20 Å². The molecule has 16 heavy (non-hydrogen) atoms. The second-order valence-corrected chi connectivity index (χ2v) is 5.05. The van der Waals surface area contributed by atoms with Crippen molar-refractivity contribution in [2.45, 2.75) is 44.8 Å². The molecule has 3 N–H and O–H groups in total. The van der Waals surface area contributed by atoms with Crippen molar-refractivity contribution < 1.29 is 5.11 Å². The highest BCUT2D eigenvalue weighted by Crippen LogP contribution is 2.31. The van der Waals surface area contributed by atoms with Crippen LogP contribution >= 0.6 is 0 Å². The molecule has 1 aliphatic rings. The van der Waals surface area contributed by atoms with Crippen molar-refractivity contribution in [3.8, 4) is 0 Å². The van der Waals surface area contributed by atoms with Crippen LogP contribution in [0.4, 0.5) is 0 Å². The second kappa shape index (κ2) is 4.97. The highest BCUT2D eigenvalue weighted by molar-refractivity contribution is 4.89. The largest absolute Gasteiger partial charge is 0.389 e. The minimum Gasteiger partial charge on any atom is -0.389 e. The number of imidazole rings is 1. The molecular weight excluding hydrogens is 202 g/mol. The first-order valence-corrected chi connectivity index (χ1v) is 6.09. The van der Waals surface area contributed by atoms with E-state index >= 15 is 0 Å². The van der Waals surface area contributed by atoms with Crippen LogP contribution in [0.25, 0.3) is 0 Å². The minimum atomic E-state index is -0.501. The van der Waals surface area contributed by atoms with E-state index in [0.29, 0.717) is 13.1 Å². The number of H-pyrrole nitrogens is 1. The molecule has 0 radical (unpaired) electrons. The Morgan fingerprint density at radius 1 is 1.56 bits per heavy atom. The molecule has 0 unspecified atom stereocenters. The van der Waals surface area contributed by atoms with Crippen LogP contribution in [0, 0.1) is 5.92 Å². The summed E-state index contributed by atoms with van der Waals surface area (Å²) in [6.45, 7) is 3.63. The molecule has 0 aromatic carbocycles. The Morgan fingerprint density at radius 3 is 2.94 bits per heavy atom. The predicted molar refractivity (Wildman–Crippen MR) is 62.9 cm³/mol. The van der Waals surface area contributed by atoms with Gasteiger partial charge >= 0.3 is 0 Å². The molecule has 90 valence electrons. The van der Waals surface area contributed by atoms with Crippen molar-refractivity contribution in [1.82, 2.24) is 15.3 Å². The van der Waals surface area contributed by atoms with Gasteiger partial charge in [-0.05, 0) is 31.6 Å². The smallest absolute Gasteiger partial charge is 0.120 e. The van der Waals surface area contributed by atoms with Crippen molar-refractivity contribution in [3.63, 3.8) is 0 Å². The first kappa shape index (κ1) is 11.6. The average Bonchev–Trinajstić information content (AvgIpc) is 2.76. The third-order valence-corrected chi connectivity index (χ3v) is 3.51. The van der Waals surface area contributed by atoms with Crippen LogP contribution in [-0.2, 0) is 6.54 Å². The molecule has 1 fully saturated rings. The Labute approximate surface area is 96.5 Å². The molecule has 2 rings (SSSR count). The Bertz CT molecular complexity index is 302. The number of aliphatic hydroxyl groups is 1. The van der Waals surface area contributed by atoms with Gasteiger partial charge in [-0.2, -0.15) is 0 Å². The molecule has 1 aromatic rings. The van der Waals surface area contributed by atoms with Crippen LogP contribution in [-0.4, -0.2) is 27.2 Å². The van der Waals surface area contributed by atoms with E-state index < -0.39 is 5.60 Å². The van der Waals surface area contributed by atoms with Crippen LogP contribution in [0.15, 0.2) is 12.4 Å². The number of rotatable bonds is 4. The van der Waals surface area contributed by atoms with Crippen LogP contribution in [0.2, 0.25) is 0 Å². The molecule has 0 bridgehead atoms. The van der Waals surface area contributed by atoms with Crippen LogP contribution in [0.1, 0.15) is 38.4 Å². The zero-order valence-electron chi connectivity index (χ0n) is 9.87. The van der Waals surface area contributed by atoms with Gasteiger partial charge in [0.25, 0.3) is 0 Å². The third-order valence-electron chi connectivity index (χ3n) is 3.51. The van der Waals surface area contributed by atoms with Gasteiger partial charge in [0, 0.05) is 18.9 Å². The van der Waals surface area contributed by atoms with Gasteiger partial charge in [0.1, 0.15) is 5.82 Å². The fraction of sp³-hybridized carbons (Fsp3) is 0.750. The Balaban J connectivity index is 1.73. The van der Waals surface area contributed by atoms with Crippen molar-refractivity contribution in [2.75, 3.05) is 6.54 Å². The van der Waals surface area contributed by atoms with Crippen LogP contribution < -0.4 is 5.32 Å². The Morgan fingerprint density at radius 2 is 2.31 bits per heavy atom. The van der Waals surface area contributed by atoms with Crippen molar-refractivity contribution in [2.24, 2.45) is 5.92 Å². The van der Waals surface area contributed by atoms with Gasteiger partial charge in [0.05, 0.1) is 12.1 Å². The number of hydrogen-bond donors (Lipinski definition) is 3. The monoisotopic (exact) mass is 223 g/mol. The van der Waals surface area contributed by atoms with E-state index in [0.717, 1.165) is 37.4 Å². The lowest BCUT2D eigenvalue weighted by molar-refractivity contribution is -0.00640. The van der Waals surface area contributed by atoms with Crippen molar-refractivity contribution in [3.05, 3.63) is 18.2 Å². The summed E-state index contributed by atoms with van der Waals surface area (Å²) >= 11 is 0. The lowest BCUT2D eigenvalue weighted by Crippen LogP contribution is -2.43. The molecule has 0 spiro atoms. The number of nitrogens with zero attached hydrogens (tertiary/aromatic N) is 1. The maximum Gasteiger partial charge on any atom is 0.120 e. The molecule has 1 aromatic heterocycles. The minimum absolute atomic E-state index is 0.501. The SMILES string of the molecule is CC1CCC(O)(CNCc2ncc[nH]2)CC1. The molecule has 0 saturated heterocycles. The molecule has 1 heterocycles. The summed E-state index contributed by atoms with van der Waals surface area (Å²) in [5.74, 6) is 1.69. The van der Waals surface area contributed by atoms with Gasteiger partial charge in [-0.25, -0.2) is 4.98 Å². The molecular formula is C12H21N3O. The summed E-state index contributed by atoms with van der Waals surface area (Å²) in [4.78, 5) is 7.17. The number of nitrogens with one attached hydrogen (secondary N) is 2. The lowest BCUT2D eigenvalue weighted by atomic mass is 9.79. The first-order valence-electron chi connectivity index (χ1n) is 6.09. The summed E-state index contributed by atoms with van der Waals surface area (Å²) in [6, 6.07) is 0. The van der Waals surface area contributed by atoms with Gasteiger partial charge in [-0.15, -0.1) is 0 Å². The summed E-state index contributed by atoms with van der Waals surface area (Å²) in [7, 11) is 0. The average molecular weight is 223 g/mol. The van der Waals surface area contributed by atoms with E-state index in [1.165, 1.54) is 0 Å². The zero-order chi connectivity index (χ0) is 11.4. The predicted octanol–water partition coefficient (Wildman–Crippen LogP) is 1.44. The van der Waals surface area contributed by atoms with Gasteiger partial charge in [-0.1, -0.05) is 6.92 Å². The van der Waals surface area contributed by atoms with Gasteiger partial charge in [0.2, 0.25) is 0 Å². The van der Waals surface area contributed by atoms with Crippen molar-refractivity contribution in [1.29, 1.82) is 0 Å². The van der Waals surface area contributed by atoms with E-state index in [4.69, 9.17) is 0 Å². The molecule has 0 amide bonds. The van der Waals surface area contributed by atoms with Gasteiger partial charge in [-0.3, -0.25) is 0 Å². The maximum atomic E-state index is 10.3. The standard InChI is InChI=1S/C12H21N3O/c1-10-2-4-12(16,5-3-10)9-13-8-11-14-6-7-15-11/h6-7,10,13,16H,2-5,8-9H2,1H3,(H,14,15). The molecule has 4 nitrogen and oxygen atoms in total. The molecule has 1 saturated carbocycles. The quantitative estimate of drug-likeness (QED) is 0.724. The normalized spacial score (nSPS) is 30.5. The molecule has 0 atom stereocenters. The molecule has 1 aliphatic carbocycles. The van der Waals surface area contributed by atoms with Crippen molar-refractivity contribution >= 4 is 0 Å². The number of hydrogen-bond acceptors (Lipinski definition) is 3. The number of aromatic amines is 1. The summed E-state index contributed by atoms with van der Waals surface area (Å²) in [5, 5.41) is 13.6. The zero-order valence-corrected chi connectivity index (χ0v) is 9.87. The van der Waals surface area contributed by atoms with Gasteiger partial charge in [0.15, 0.2) is 0 Å². The maximum absolute atomic E-state index is 10.3. The lowest BCUT2D eigenvalue weighted by Gasteiger charge is -2.35. The second-order valence-electron chi connectivity index (χ2n) is 5.05. The van der Waals surface area contributed by atoms with Gasteiger partial charge < -0.3 is 15.4 Å². The highest BCUT2D eigenvalue weighted by atomic mass is 16.3. The highest BCUT2D eigenvalue weighted by Gasteiger charge is 2.31. The Hall–Kier alpha value is -0.870. The topological polar surface area (TPSA) is 60.9 Å². The van der Waals surface area contributed by atoms with E-state index in [2.05, 4.69) is 22.2 Å². The Kier molecular flexibility index (Phi) is 3.61. The van der Waals surface area contributed by atoms with E-state index in [-0.39, 0.29) is 0 Å².